The Morgan fingerprint density at radius 1 is 1.10 bits per heavy atom. The van der Waals surface area contributed by atoms with Gasteiger partial charge < -0.3 is 20.7 Å². The van der Waals surface area contributed by atoms with E-state index in [1.54, 1.807) is 19.2 Å². The molecule has 116 valence electrons. The van der Waals surface area contributed by atoms with Crippen molar-refractivity contribution in [3.63, 3.8) is 0 Å². The molecule has 0 aromatic heterocycles. The van der Waals surface area contributed by atoms with Gasteiger partial charge in [-0.05, 0) is 31.2 Å². The summed E-state index contributed by atoms with van der Waals surface area (Å²) in [5, 5.41) is 8.58. The van der Waals surface area contributed by atoms with E-state index in [0.717, 1.165) is 12.2 Å². The van der Waals surface area contributed by atoms with Gasteiger partial charge in [0.1, 0.15) is 0 Å². The molecule has 0 saturated heterocycles. The van der Waals surface area contributed by atoms with E-state index in [2.05, 4.69) is 16.0 Å². The number of ether oxygens (including phenoxy) is 1. The second kappa shape index (κ2) is 9.77. The molecule has 2 amide bonds. The lowest BCUT2D eigenvalue weighted by molar-refractivity contribution is -0.121. The predicted molar refractivity (Wildman–Crippen MR) is 82.4 cm³/mol. The molecule has 0 spiro atoms. The number of hydrogen-bond donors (Lipinski definition) is 3. The fraction of sp³-hybridized carbons (Fsp3) is 0.467. The van der Waals surface area contributed by atoms with Crippen molar-refractivity contribution in [3.8, 4) is 0 Å². The largest absolute Gasteiger partial charge is 0.385 e. The van der Waals surface area contributed by atoms with Crippen LogP contribution in [0.3, 0.4) is 0 Å². The Hall–Kier alpha value is -2.08. The number of hydrogen-bond acceptors (Lipinski definition) is 4. The molecule has 0 fully saturated rings. The molecule has 3 N–H and O–H groups in total. The van der Waals surface area contributed by atoms with Gasteiger partial charge in [0.15, 0.2) is 0 Å². The smallest absolute Gasteiger partial charge is 0.251 e. The minimum atomic E-state index is -0.178. The molecule has 1 aromatic rings. The Morgan fingerprint density at radius 2 is 1.81 bits per heavy atom. The summed E-state index contributed by atoms with van der Waals surface area (Å²) in [5.41, 5.74) is 1.56. The van der Waals surface area contributed by atoms with Crippen molar-refractivity contribution in [3.05, 3.63) is 29.8 Å². The molecule has 0 radical (unpaired) electrons. The highest BCUT2D eigenvalue weighted by Gasteiger charge is 2.06. The predicted octanol–water partition coefficient (Wildman–Crippen LogP) is 1.00. The van der Waals surface area contributed by atoms with Crippen molar-refractivity contribution in [2.75, 3.05) is 38.7 Å². The number of amides is 2. The van der Waals surface area contributed by atoms with Crippen LogP contribution in [0.25, 0.3) is 0 Å². The van der Waals surface area contributed by atoms with Crippen LogP contribution in [0, 0.1) is 0 Å². The van der Waals surface area contributed by atoms with Crippen LogP contribution in [0.4, 0.5) is 5.69 Å². The lowest BCUT2D eigenvalue weighted by Crippen LogP contribution is -2.32. The van der Waals surface area contributed by atoms with Gasteiger partial charge in [0, 0.05) is 44.4 Å². The van der Waals surface area contributed by atoms with E-state index >= 15 is 0 Å². The fourth-order valence-corrected chi connectivity index (χ4v) is 1.72. The standard InChI is InChI=1S/C15H23N3O3/c1-3-16-13-6-4-12(5-7-13)15(20)18-9-8-14(19)17-10-11-21-2/h4-7,16H,3,8-11H2,1-2H3,(H,17,19)(H,18,20). The molecule has 6 nitrogen and oxygen atoms in total. The van der Waals surface area contributed by atoms with Crippen LogP contribution in [0.2, 0.25) is 0 Å². The number of benzene rings is 1. The van der Waals surface area contributed by atoms with E-state index in [9.17, 15) is 9.59 Å². The molecule has 6 heteroatoms. The average Bonchev–Trinajstić information content (AvgIpc) is 2.48. The SMILES string of the molecule is CCNc1ccc(C(=O)NCCC(=O)NCCOC)cc1. The van der Waals surface area contributed by atoms with Crippen molar-refractivity contribution in [2.24, 2.45) is 0 Å². The molecular formula is C15H23N3O3. The number of carbonyl (C=O) groups is 2. The highest BCUT2D eigenvalue weighted by Crippen LogP contribution is 2.08. The Labute approximate surface area is 125 Å². The molecule has 0 aliphatic heterocycles. The number of rotatable bonds is 9. The summed E-state index contributed by atoms with van der Waals surface area (Å²) in [6.45, 7) is 4.13. The number of anilines is 1. The van der Waals surface area contributed by atoms with Crippen LogP contribution >= 0.6 is 0 Å². The molecule has 0 unspecified atom stereocenters. The summed E-state index contributed by atoms with van der Waals surface area (Å²) in [7, 11) is 1.58. The van der Waals surface area contributed by atoms with Gasteiger partial charge in [0.05, 0.1) is 6.61 Å². The van der Waals surface area contributed by atoms with E-state index in [1.807, 2.05) is 19.1 Å². The molecule has 0 heterocycles. The number of nitrogens with one attached hydrogen (secondary N) is 3. The molecule has 0 saturated carbocycles. The van der Waals surface area contributed by atoms with E-state index in [-0.39, 0.29) is 18.2 Å². The van der Waals surface area contributed by atoms with Crippen molar-refractivity contribution in [1.29, 1.82) is 0 Å². The van der Waals surface area contributed by atoms with Crippen LogP contribution in [-0.4, -0.2) is 45.2 Å². The Morgan fingerprint density at radius 3 is 2.43 bits per heavy atom. The normalized spacial score (nSPS) is 10.0. The highest BCUT2D eigenvalue weighted by molar-refractivity contribution is 5.94. The molecule has 0 aliphatic rings. The van der Waals surface area contributed by atoms with E-state index in [1.165, 1.54) is 0 Å². The first-order valence-electron chi connectivity index (χ1n) is 7.05. The van der Waals surface area contributed by atoms with Gasteiger partial charge >= 0.3 is 0 Å². The second-order valence-corrected chi connectivity index (χ2v) is 4.46. The summed E-state index contributed by atoms with van der Waals surface area (Å²) in [6, 6.07) is 7.23. The third-order valence-corrected chi connectivity index (χ3v) is 2.79. The third-order valence-electron chi connectivity index (χ3n) is 2.79. The molecule has 1 aromatic carbocycles. The Balaban J connectivity index is 2.28. The van der Waals surface area contributed by atoms with Gasteiger partial charge in [0.25, 0.3) is 5.91 Å². The monoisotopic (exact) mass is 293 g/mol. The molecule has 0 aliphatic carbocycles. The first-order valence-corrected chi connectivity index (χ1v) is 7.05. The van der Waals surface area contributed by atoms with Crippen molar-refractivity contribution >= 4 is 17.5 Å². The van der Waals surface area contributed by atoms with E-state index < -0.39 is 0 Å². The van der Waals surface area contributed by atoms with Crippen LogP contribution in [0.5, 0.6) is 0 Å². The molecule has 0 atom stereocenters. The van der Waals surface area contributed by atoms with Crippen LogP contribution < -0.4 is 16.0 Å². The zero-order chi connectivity index (χ0) is 15.5. The van der Waals surface area contributed by atoms with Crippen molar-refractivity contribution in [1.82, 2.24) is 10.6 Å². The van der Waals surface area contributed by atoms with Gasteiger partial charge in [-0.15, -0.1) is 0 Å². The molecule has 21 heavy (non-hydrogen) atoms. The third kappa shape index (κ3) is 6.76. The minimum Gasteiger partial charge on any atom is -0.385 e. The van der Waals surface area contributed by atoms with Gasteiger partial charge in [-0.1, -0.05) is 0 Å². The molecule has 0 bridgehead atoms. The Bertz CT molecular complexity index is 446. The average molecular weight is 293 g/mol. The topological polar surface area (TPSA) is 79.5 Å². The van der Waals surface area contributed by atoms with Gasteiger partial charge in [0.2, 0.25) is 5.91 Å². The lowest BCUT2D eigenvalue weighted by atomic mass is 10.2. The molecule has 1 rings (SSSR count). The quantitative estimate of drug-likeness (QED) is 0.594. The Kier molecular flexibility index (Phi) is 7.89. The second-order valence-electron chi connectivity index (χ2n) is 4.46. The van der Waals surface area contributed by atoms with E-state index in [4.69, 9.17) is 4.74 Å². The van der Waals surface area contributed by atoms with Gasteiger partial charge in [-0.3, -0.25) is 9.59 Å². The maximum atomic E-state index is 11.9. The van der Waals surface area contributed by atoms with E-state index in [0.29, 0.717) is 25.3 Å². The zero-order valence-electron chi connectivity index (χ0n) is 12.6. The maximum absolute atomic E-state index is 11.9. The van der Waals surface area contributed by atoms with Crippen LogP contribution in [0.15, 0.2) is 24.3 Å². The van der Waals surface area contributed by atoms with Gasteiger partial charge in [-0.2, -0.15) is 0 Å². The summed E-state index contributed by atoms with van der Waals surface area (Å²) in [4.78, 5) is 23.3. The number of methoxy groups -OCH3 is 1. The fourth-order valence-electron chi connectivity index (χ4n) is 1.72. The van der Waals surface area contributed by atoms with Crippen LogP contribution in [0.1, 0.15) is 23.7 Å². The first kappa shape index (κ1) is 17.0. The maximum Gasteiger partial charge on any atom is 0.251 e. The van der Waals surface area contributed by atoms with Crippen molar-refractivity contribution in [2.45, 2.75) is 13.3 Å². The lowest BCUT2D eigenvalue weighted by Gasteiger charge is -2.07. The summed E-state index contributed by atoms with van der Waals surface area (Å²) >= 11 is 0. The number of carbonyl (C=O) groups excluding carboxylic acids is 2. The summed E-state index contributed by atoms with van der Waals surface area (Å²) < 4.78 is 4.83. The van der Waals surface area contributed by atoms with Crippen LogP contribution in [-0.2, 0) is 9.53 Å². The zero-order valence-corrected chi connectivity index (χ0v) is 12.6. The van der Waals surface area contributed by atoms with Gasteiger partial charge in [-0.25, -0.2) is 0 Å². The summed E-state index contributed by atoms with van der Waals surface area (Å²) in [5.74, 6) is -0.280. The highest BCUT2D eigenvalue weighted by atomic mass is 16.5. The minimum absolute atomic E-state index is 0.102. The molecular weight excluding hydrogens is 270 g/mol. The summed E-state index contributed by atoms with van der Waals surface area (Å²) in [6.07, 6.45) is 0.255. The first-order chi connectivity index (χ1) is 10.2. The van der Waals surface area contributed by atoms with Crippen molar-refractivity contribution < 1.29 is 14.3 Å².